The molecule has 2 heterocycles. The monoisotopic (exact) mass is 378 g/mol. The lowest BCUT2D eigenvalue weighted by molar-refractivity contribution is 0.202. The van der Waals surface area contributed by atoms with Crippen LogP contribution >= 0.6 is 27.3 Å². The Balaban J connectivity index is 1.96. The molecule has 7 heteroatoms. The lowest BCUT2D eigenvalue weighted by atomic mass is 9.94. The first-order valence-electron chi connectivity index (χ1n) is 7.04. The van der Waals surface area contributed by atoms with Gasteiger partial charge in [-0.2, -0.15) is 4.31 Å². The topological polar surface area (TPSA) is 63.4 Å². The van der Waals surface area contributed by atoms with Crippen LogP contribution in [0, 0.1) is 5.92 Å². The first-order valence-corrected chi connectivity index (χ1v) is 10.1. The molecule has 112 valence electrons. The third-order valence-corrected chi connectivity index (χ3v) is 8.64. The fourth-order valence-electron chi connectivity index (χ4n) is 3.51. The number of hydrogen-bond acceptors (Lipinski definition) is 4. The van der Waals surface area contributed by atoms with Gasteiger partial charge in [-0.05, 0) is 53.6 Å². The number of hydrogen-bond donors (Lipinski definition) is 1. The summed E-state index contributed by atoms with van der Waals surface area (Å²) < 4.78 is 28.3. The van der Waals surface area contributed by atoms with E-state index in [-0.39, 0.29) is 6.04 Å². The standard InChI is InChI=1S/C13H19BrN2O2S2/c14-13-12(7-10(8-15)19-13)20(17,18)16-6-2-4-9-3-1-5-11(9)16/h7,9,11H,1-6,8,15H2. The van der Waals surface area contributed by atoms with Crippen molar-refractivity contribution in [3.8, 4) is 0 Å². The summed E-state index contributed by atoms with van der Waals surface area (Å²) in [6.45, 7) is 1.04. The molecule has 1 saturated heterocycles. The van der Waals surface area contributed by atoms with E-state index in [0.29, 0.717) is 27.7 Å². The molecule has 1 aromatic rings. The first kappa shape index (κ1) is 15.0. The Morgan fingerprint density at radius 1 is 1.35 bits per heavy atom. The third-order valence-electron chi connectivity index (χ3n) is 4.44. The van der Waals surface area contributed by atoms with E-state index in [0.717, 1.165) is 24.1 Å². The van der Waals surface area contributed by atoms with Gasteiger partial charge in [0.2, 0.25) is 10.0 Å². The van der Waals surface area contributed by atoms with E-state index in [1.165, 1.54) is 24.2 Å². The Labute approximate surface area is 132 Å². The van der Waals surface area contributed by atoms with E-state index in [2.05, 4.69) is 15.9 Å². The molecule has 2 atom stereocenters. The Morgan fingerprint density at radius 2 is 2.10 bits per heavy atom. The van der Waals surface area contributed by atoms with Crippen molar-refractivity contribution in [1.82, 2.24) is 4.31 Å². The second kappa shape index (κ2) is 5.68. The van der Waals surface area contributed by atoms with Crippen LogP contribution in [0.25, 0.3) is 0 Å². The molecule has 0 aromatic carbocycles. The summed E-state index contributed by atoms with van der Waals surface area (Å²) >= 11 is 4.81. The minimum Gasteiger partial charge on any atom is -0.326 e. The number of fused-ring (bicyclic) bond motifs is 1. The van der Waals surface area contributed by atoms with Crippen LogP contribution in [0.1, 0.15) is 37.0 Å². The summed E-state index contributed by atoms with van der Waals surface area (Å²) in [5.74, 6) is 0.560. The molecule has 4 nitrogen and oxygen atoms in total. The second-order valence-corrected chi connectivity index (χ2v) is 9.88. The first-order chi connectivity index (χ1) is 9.54. The van der Waals surface area contributed by atoms with Gasteiger partial charge in [-0.3, -0.25) is 0 Å². The van der Waals surface area contributed by atoms with Crippen molar-refractivity contribution in [3.63, 3.8) is 0 Å². The van der Waals surface area contributed by atoms with Gasteiger partial charge < -0.3 is 5.73 Å². The van der Waals surface area contributed by atoms with Crippen LogP contribution in [0.3, 0.4) is 0 Å². The van der Waals surface area contributed by atoms with Crippen LogP contribution in [0.2, 0.25) is 0 Å². The van der Waals surface area contributed by atoms with Crippen molar-refractivity contribution >= 4 is 37.3 Å². The van der Waals surface area contributed by atoms with Crippen molar-refractivity contribution in [2.75, 3.05) is 6.54 Å². The molecule has 1 aliphatic carbocycles. The average Bonchev–Trinajstić information content (AvgIpc) is 3.03. The van der Waals surface area contributed by atoms with E-state index in [1.54, 1.807) is 10.4 Å². The molecule has 0 amide bonds. The maximum absolute atomic E-state index is 12.9. The van der Waals surface area contributed by atoms with Gasteiger partial charge in [-0.15, -0.1) is 11.3 Å². The number of piperidine rings is 1. The molecule has 1 aliphatic heterocycles. The number of nitrogens with zero attached hydrogens (tertiary/aromatic N) is 1. The molecule has 2 fully saturated rings. The van der Waals surface area contributed by atoms with Crippen molar-refractivity contribution < 1.29 is 8.42 Å². The number of sulfonamides is 1. The van der Waals surface area contributed by atoms with E-state index >= 15 is 0 Å². The fourth-order valence-corrected chi connectivity index (χ4v) is 7.77. The van der Waals surface area contributed by atoms with Crippen molar-refractivity contribution in [2.24, 2.45) is 11.7 Å². The summed E-state index contributed by atoms with van der Waals surface area (Å²) in [6.07, 6.45) is 5.49. The molecule has 1 aromatic heterocycles. The van der Waals surface area contributed by atoms with E-state index in [1.807, 2.05) is 0 Å². The van der Waals surface area contributed by atoms with Gasteiger partial charge in [-0.25, -0.2) is 8.42 Å². The largest absolute Gasteiger partial charge is 0.326 e. The van der Waals surface area contributed by atoms with Crippen molar-refractivity contribution in [3.05, 3.63) is 14.7 Å². The summed E-state index contributed by atoms with van der Waals surface area (Å²) in [7, 11) is -3.39. The van der Waals surface area contributed by atoms with Crippen LogP contribution < -0.4 is 5.73 Å². The van der Waals surface area contributed by atoms with Gasteiger partial charge in [-0.1, -0.05) is 6.42 Å². The molecule has 2 unspecified atom stereocenters. The van der Waals surface area contributed by atoms with Crippen LogP contribution in [-0.4, -0.2) is 25.3 Å². The number of nitrogens with two attached hydrogens (primary N) is 1. The lowest BCUT2D eigenvalue weighted by Gasteiger charge is -2.36. The maximum Gasteiger partial charge on any atom is 0.245 e. The summed E-state index contributed by atoms with van der Waals surface area (Å²) in [5, 5.41) is 0. The Bertz CT molecular complexity index is 600. The Kier molecular flexibility index (Phi) is 4.25. The summed E-state index contributed by atoms with van der Waals surface area (Å²) in [6, 6.07) is 1.93. The quantitative estimate of drug-likeness (QED) is 0.878. The zero-order chi connectivity index (χ0) is 14.3. The molecule has 2 aliphatic rings. The highest BCUT2D eigenvalue weighted by atomic mass is 79.9. The van der Waals surface area contributed by atoms with Crippen LogP contribution in [-0.2, 0) is 16.6 Å². The number of rotatable bonds is 3. The highest BCUT2D eigenvalue weighted by Crippen LogP contribution is 2.41. The molecule has 0 bridgehead atoms. The van der Waals surface area contributed by atoms with E-state index in [9.17, 15) is 8.42 Å². The Hall–Kier alpha value is 0.0500. The lowest BCUT2D eigenvalue weighted by Crippen LogP contribution is -2.46. The summed E-state index contributed by atoms with van der Waals surface area (Å²) in [5.41, 5.74) is 5.62. The van der Waals surface area contributed by atoms with Gasteiger partial charge in [0, 0.05) is 24.0 Å². The molecular formula is C13H19BrN2O2S2. The van der Waals surface area contributed by atoms with Gasteiger partial charge in [0.25, 0.3) is 0 Å². The molecule has 0 radical (unpaired) electrons. The second-order valence-electron chi connectivity index (χ2n) is 5.57. The Morgan fingerprint density at radius 3 is 2.80 bits per heavy atom. The number of thiophene rings is 1. The predicted octanol–water partition coefficient (Wildman–Crippen LogP) is 2.92. The molecule has 1 saturated carbocycles. The third kappa shape index (κ3) is 2.47. The normalized spacial score (nSPS) is 27.7. The zero-order valence-electron chi connectivity index (χ0n) is 11.2. The minimum absolute atomic E-state index is 0.210. The highest BCUT2D eigenvalue weighted by Gasteiger charge is 2.42. The molecule has 20 heavy (non-hydrogen) atoms. The molecular weight excluding hydrogens is 360 g/mol. The molecule has 2 N–H and O–H groups in total. The zero-order valence-corrected chi connectivity index (χ0v) is 14.4. The average molecular weight is 379 g/mol. The van der Waals surface area contributed by atoms with E-state index < -0.39 is 10.0 Å². The maximum atomic E-state index is 12.9. The fraction of sp³-hybridized carbons (Fsp3) is 0.692. The smallest absolute Gasteiger partial charge is 0.245 e. The van der Waals surface area contributed by atoms with Crippen molar-refractivity contribution in [1.29, 1.82) is 0 Å². The van der Waals surface area contributed by atoms with E-state index in [4.69, 9.17) is 5.73 Å². The molecule has 0 spiro atoms. The highest BCUT2D eigenvalue weighted by molar-refractivity contribution is 9.11. The van der Waals surface area contributed by atoms with Crippen LogP contribution in [0.5, 0.6) is 0 Å². The summed E-state index contributed by atoms with van der Waals surface area (Å²) in [4.78, 5) is 1.30. The number of halogens is 1. The molecule has 3 rings (SSSR count). The van der Waals surface area contributed by atoms with Crippen molar-refractivity contribution in [2.45, 2.75) is 49.6 Å². The van der Waals surface area contributed by atoms with Gasteiger partial charge >= 0.3 is 0 Å². The van der Waals surface area contributed by atoms with Crippen LogP contribution in [0.4, 0.5) is 0 Å². The van der Waals surface area contributed by atoms with Crippen LogP contribution in [0.15, 0.2) is 14.7 Å². The SMILES string of the molecule is NCc1cc(S(=O)(=O)N2CCCC3CCCC32)c(Br)s1. The predicted molar refractivity (Wildman–Crippen MR) is 84.2 cm³/mol. The van der Waals surface area contributed by atoms with Gasteiger partial charge in [0.15, 0.2) is 0 Å². The van der Waals surface area contributed by atoms with Gasteiger partial charge in [0.1, 0.15) is 4.90 Å². The minimum atomic E-state index is -3.39. The van der Waals surface area contributed by atoms with Gasteiger partial charge in [0.05, 0.1) is 3.79 Å².